The Morgan fingerprint density at radius 2 is 1.94 bits per heavy atom. The number of ketones is 2. The zero-order valence-electron chi connectivity index (χ0n) is 9.13. The molecule has 0 aromatic carbocycles. The van der Waals surface area contributed by atoms with Gasteiger partial charge < -0.3 is 4.74 Å². The maximum atomic E-state index is 12.2. The van der Waals surface area contributed by atoms with Gasteiger partial charge in [0.2, 0.25) is 0 Å². The van der Waals surface area contributed by atoms with E-state index in [4.69, 9.17) is 16.3 Å². The van der Waals surface area contributed by atoms with Crippen molar-refractivity contribution in [3.8, 4) is 0 Å². The zero-order valence-corrected chi connectivity index (χ0v) is 9.89. The molecular formula is C12H15ClO3. The van der Waals surface area contributed by atoms with E-state index in [1.807, 2.05) is 0 Å². The molecule has 0 bridgehead atoms. The molecule has 88 valence electrons. The summed E-state index contributed by atoms with van der Waals surface area (Å²) >= 11 is 6.00. The first kappa shape index (κ1) is 11.8. The first-order valence-corrected chi connectivity index (χ1v) is 6.11. The second-order valence-corrected chi connectivity index (χ2v) is 4.76. The molecule has 1 aliphatic heterocycles. The van der Waals surface area contributed by atoms with E-state index < -0.39 is 0 Å². The summed E-state index contributed by atoms with van der Waals surface area (Å²) in [5.41, 5.74) is 0.278. The quantitative estimate of drug-likeness (QED) is 0.698. The Labute approximate surface area is 99.8 Å². The SMILES string of the molecule is O=C1CCCC(Cl)=C1C(=O)C1CCOCC1. The van der Waals surface area contributed by atoms with Crippen LogP contribution in [0.15, 0.2) is 10.6 Å². The van der Waals surface area contributed by atoms with E-state index in [9.17, 15) is 9.59 Å². The summed E-state index contributed by atoms with van der Waals surface area (Å²) in [6.07, 6.45) is 3.31. The van der Waals surface area contributed by atoms with Gasteiger partial charge in [0.25, 0.3) is 0 Å². The summed E-state index contributed by atoms with van der Waals surface area (Å²) in [5.74, 6) is -0.203. The average molecular weight is 243 g/mol. The summed E-state index contributed by atoms with van der Waals surface area (Å²) in [4.78, 5) is 23.8. The molecule has 1 aliphatic carbocycles. The van der Waals surface area contributed by atoms with Gasteiger partial charge in [-0.05, 0) is 25.7 Å². The fourth-order valence-corrected chi connectivity index (χ4v) is 2.57. The highest BCUT2D eigenvalue weighted by Gasteiger charge is 2.31. The van der Waals surface area contributed by atoms with Crippen molar-refractivity contribution in [2.75, 3.05) is 13.2 Å². The Kier molecular flexibility index (Phi) is 3.77. The third kappa shape index (κ3) is 2.36. The largest absolute Gasteiger partial charge is 0.381 e. The number of carbonyl (C=O) groups is 2. The predicted molar refractivity (Wildman–Crippen MR) is 60.3 cm³/mol. The highest BCUT2D eigenvalue weighted by molar-refractivity contribution is 6.37. The molecule has 2 aliphatic rings. The van der Waals surface area contributed by atoms with Gasteiger partial charge in [-0.3, -0.25) is 9.59 Å². The Balaban J connectivity index is 2.16. The van der Waals surface area contributed by atoms with Gasteiger partial charge in [-0.15, -0.1) is 0 Å². The Hall–Kier alpha value is -0.670. The van der Waals surface area contributed by atoms with Gasteiger partial charge in [-0.1, -0.05) is 11.6 Å². The van der Waals surface area contributed by atoms with E-state index in [2.05, 4.69) is 0 Å². The fourth-order valence-electron chi connectivity index (χ4n) is 2.24. The van der Waals surface area contributed by atoms with Crippen LogP contribution in [0.5, 0.6) is 0 Å². The summed E-state index contributed by atoms with van der Waals surface area (Å²) < 4.78 is 5.20. The van der Waals surface area contributed by atoms with Crippen molar-refractivity contribution >= 4 is 23.2 Å². The van der Waals surface area contributed by atoms with E-state index in [0.29, 0.717) is 43.9 Å². The van der Waals surface area contributed by atoms with Crippen LogP contribution in [0.2, 0.25) is 0 Å². The number of Topliss-reactive ketones (excluding diaryl/α,β-unsaturated/α-hetero) is 2. The zero-order chi connectivity index (χ0) is 11.5. The molecule has 0 atom stereocenters. The van der Waals surface area contributed by atoms with Gasteiger partial charge in [-0.2, -0.15) is 0 Å². The summed E-state index contributed by atoms with van der Waals surface area (Å²) in [7, 11) is 0. The molecule has 4 heteroatoms. The fraction of sp³-hybridized carbons (Fsp3) is 0.667. The first-order valence-electron chi connectivity index (χ1n) is 5.74. The van der Waals surface area contributed by atoms with Gasteiger partial charge in [0.1, 0.15) is 0 Å². The minimum atomic E-state index is -0.0762. The third-order valence-corrected chi connectivity index (χ3v) is 3.57. The Morgan fingerprint density at radius 1 is 1.25 bits per heavy atom. The summed E-state index contributed by atoms with van der Waals surface area (Å²) in [6, 6.07) is 0. The van der Waals surface area contributed by atoms with E-state index in [-0.39, 0.29) is 23.1 Å². The molecule has 0 radical (unpaired) electrons. The molecule has 3 nitrogen and oxygen atoms in total. The van der Waals surface area contributed by atoms with Crippen LogP contribution in [0.25, 0.3) is 0 Å². The van der Waals surface area contributed by atoms with E-state index in [1.54, 1.807) is 0 Å². The molecule has 1 saturated heterocycles. The predicted octanol–water partition coefficient (Wildman–Crippen LogP) is 2.23. The Morgan fingerprint density at radius 3 is 2.56 bits per heavy atom. The van der Waals surface area contributed by atoms with Crippen LogP contribution in [0.1, 0.15) is 32.1 Å². The lowest BCUT2D eigenvalue weighted by atomic mass is 9.85. The first-order chi connectivity index (χ1) is 7.70. The lowest BCUT2D eigenvalue weighted by molar-refractivity contribution is -0.126. The minimum absolute atomic E-state index is 0.0574. The van der Waals surface area contributed by atoms with Crippen molar-refractivity contribution in [3.05, 3.63) is 10.6 Å². The second-order valence-electron chi connectivity index (χ2n) is 4.31. The number of ether oxygens (including phenoxy) is 1. The molecule has 0 N–H and O–H groups in total. The number of halogens is 1. The van der Waals surface area contributed by atoms with Crippen LogP contribution in [-0.2, 0) is 14.3 Å². The lowest BCUT2D eigenvalue weighted by Crippen LogP contribution is -2.29. The van der Waals surface area contributed by atoms with E-state index in [0.717, 1.165) is 6.42 Å². The van der Waals surface area contributed by atoms with Crippen molar-refractivity contribution in [1.29, 1.82) is 0 Å². The monoisotopic (exact) mass is 242 g/mol. The van der Waals surface area contributed by atoms with Crippen molar-refractivity contribution in [2.45, 2.75) is 32.1 Å². The van der Waals surface area contributed by atoms with Crippen LogP contribution in [0, 0.1) is 5.92 Å². The lowest BCUT2D eigenvalue weighted by Gasteiger charge is -2.23. The molecule has 0 amide bonds. The smallest absolute Gasteiger partial charge is 0.170 e. The van der Waals surface area contributed by atoms with Crippen LogP contribution in [0.3, 0.4) is 0 Å². The molecule has 0 spiro atoms. The number of allylic oxidation sites excluding steroid dienone is 2. The van der Waals surface area contributed by atoms with Gasteiger partial charge in [0.15, 0.2) is 11.6 Å². The molecule has 2 rings (SSSR count). The number of rotatable bonds is 2. The molecule has 0 saturated carbocycles. The van der Waals surface area contributed by atoms with Crippen LogP contribution < -0.4 is 0 Å². The number of hydrogen-bond acceptors (Lipinski definition) is 3. The van der Waals surface area contributed by atoms with Crippen molar-refractivity contribution in [2.24, 2.45) is 5.92 Å². The average Bonchev–Trinajstić information content (AvgIpc) is 2.30. The second kappa shape index (κ2) is 5.11. The van der Waals surface area contributed by atoms with Gasteiger partial charge in [0.05, 0.1) is 5.57 Å². The number of hydrogen-bond donors (Lipinski definition) is 0. The van der Waals surface area contributed by atoms with Gasteiger partial charge in [-0.25, -0.2) is 0 Å². The third-order valence-electron chi connectivity index (χ3n) is 3.19. The molecule has 16 heavy (non-hydrogen) atoms. The van der Waals surface area contributed by atoms with E-state index >= 15 is 0 Å². The topological polar surface area (TPSA) is 43.4 Å². The van der Waals surface area contributed by atoms with Crippen molar-refractivity contribution < 1.29 is 14.3 Å². The van der Waals surface area contributed by atoms with Crippen molar-refractivity contribution in [3.63, 3.8) is 0 Å². The molecular weight excluding hydrogens is 228 g/mol. The molecule has 1 heterocycles. The molecule has 1 fully saturated rings. The standard InChI is InChI=1S/C12H15ClO3/c13-9-2-1-3-10(14)11(9)12(15)8-4-6-16-7-5-8/h8H,1-7H2. The highest BCUT2D eigenvalue weighted by atomic mass is 35.5. The molecule has 0 aromatic rings. The van der Waals surface area contributed by atoms with Crippen LogP contribution in [0.4, 0.5) is 0 Å². The Bertz CT molecular complexity index is 340. The van der Waals surface area contributed by atoms with Crippen LogP contribution in [-0.4, -0.2) is 24.8 Å². The molecule has 0 aromatic heterocycles. The normalized spacial score (nSPS) is 23.7. The van der Waals surface area contributed by atoms with Gasteiger partial charge >= 0.3 is 0 Å². The van der Waals surface area contributed by atoms with Crippen molar-refractivity contribution in [1.82, 2.24) is 0 Å². The maximum absolute atomic E-state index is 12.2. The maximum Gasteiger partial charge on any atom is 0.170 e. The van der Waals surface area contributed by atoms with Crippen LogP contribution >= 0.6 is 11.6 Å². The van der Waals surface area contributed by atoms with E-state index in [1.165, 1.54) is 0 Å². The highest BCUT2D eigenvalue weighted by Crippen LogP contribution is 2.29. The summed E-state index contributed by atoms with van der Waals surface area (Å²) in [5, 5.41) is 0.466. The van der Waals surface area contributed by atoms with Gasteiger partial charge in [0, 0.05) is 30.6 Å². The number of carbonyl (C=O) groups excluding carboxylic acids is 2. The summed E-state index contributed by atoms with van der Waals surface area (Å²) in [6.45, 7) is 1.21. The minimum Gasteiger partial charge on any atom is -0.381 e. The molecule has 0 unspecified atom stereocenters.